The lowest BCUT2D eigenvalue weighted by molar-refractivity contribution is 0.522. The van der Waals surface area contributed by atoms with Gasteiger partial charge in [0.05, 0.1) is 11.0 Å². The van der Waals surface area contributed by atoms with Crippen molar-refractivity contribution >= 4 is 11.0 Å². The number of fused-ring (bicyclic) bond motifs is 1. The van der Waals surface area contributed by atoms with Gasteiger partial charge in [-0.15, -0.1) is 0 Å². The summed E-state index contributed by atoms with van der Waals surface area (Å²) in [6.07, 6.45) is 0. The molecule has 0 spiro atoms. The van der Waals surface area contributed by atoms with E-state index in [-0.39, 0.29) is 5.82 Å². The van der Waals surface area contributed by atoms with Crippen molar-refractivity contribution in [1.82, 2.24) is 14.9 Å². The minimum Gasteiger partial charge on any atom is -0.328 e. The number of aryl methyl sites for hydroxylation is 1. The molecule has 0 aliphatic carbocycles. The normalized spacial score (nSPS) is 23.9. The van der Waals surface area contributed by atoms with E-state index in [9.17, 15) is 4.39 Å². The summed E-state index contributed by atoms with van der Waals surface area (Å²) >= 11 is 0. The second-order valence-corrected chi connectivity index (χ2v) is 5.09. The Hall–Kier alpha value is -1.42. The summed E-state index contributed by atoms with van der Waals surface area (Å²) in [5.41, 5.74) is 1.80. The molecule has 18 heavy (non-hydrogen) atoms. The first-order valence-corrected chi connectivity index (χ1v) is 6.57. The molecule has 3 rings (SSSR count). The van der Waals surface area contributed by atoms with E-state index in [1.54, 1.807) is 12.1 Å². The van der Waals surface area contributed by atoms with Crippen LogP contribution in [0.25, 0.3) is 11.0 Å². The second kappa shape index (κ2) is 4.35. The fourth-order valence-corrected chi connectivity index (χ4v) is 2.89. The number of halogens is 1. The average molecular weight is 247 g/mol. The van der Waals surface area contributed by atoms with Crippen LogP contribution < -0.4 is 5.32 Å². The molecule has 2 heterocycles. The van der Waals surface area contributed by atoms with Gasteiger partial charge in [0, 0.05) is 19.0 Å². The molecular weight excluding hydrogens is 229 g/mol. The fourth-order valence-electron chi connectivity index (χ4n) is 2.89. The molecule has 1 aliphatic rings. The van der Waals surface area contributed by atoms with Gasteiger partial charge in [0.15, 0.2) is 0 Å². The lowest BCUT2D eigenvalue weighted by atomic mass is 9.97. The van der Waals surface area contributed by atoms with Crippen molar-refractivity contribution in [3.8, 4) is 0 Å². The Kier molecular flexibility index (Phi) is 2.82. The van der Waals surface area contributed by atoms with Crippen molar-refractivity contribution in [2.75, 3.05) is 13.1 Å². The Morgan fingerprint density at radius 2 is 2.28 bits per heavy atom. The highest BCUT2D eigenvalue weighted by atomic mass is 19.1. The third-order valence-electron chi connectivity index (χ3n) is 3.91. The van der Waals surface area contributed by atoms with Crippen LogP contribution >= 0.6 is 0 Å². The van der Waals surface area contributed by atoms with Crippen molar-refractivity contribution in [3.63, 3.8) is 0 Å². The highest BCUT2D eigenvalue weighted by Gasteiger charge is 2.29. The highest BCUT2D eigenvalue weighted by Crippen LogP contribution is 2.30. The third kappa shape index (κ3) is 1.72. The fraction of sp³-hybridized carbons (Fsp3) is 0.500. The number of aromatic nitrogens is 2. The molecule has 1 aliphatic heterocycles. The molecule has 1 aromatic heterocycles. The first-order valence-electron chi connectivity index (χ1n) is 6.57. The van der Waals surface area contributed by atoms with Crippen molar-refractivity contribution in [2.24, 2.45) is 5.92 Å². The lowest BCUT2D eigenvalue weighted by Gasteiger charge is -2.15. The number of rotatable bonds is 2. The maximum Gasteiger partial charge on any atom is 0.125 e. The Balaban J connectivity index is 2.16. The molecule has 2 aromatic rings. The smallest absolute Gasteiger partial charge is 0.125 e. The van der Waals surface area contributed by atoms with E-state index in [4.69, 9.17) is 4.98 Å². The maximum absolute atomic E-state index is 13.4. The third-order valence-corrected chi connectivity index (χ3v) is 3.91. The van der Waals surface area contributed by atoms with Gasteiger partial charge in [-0.2, -0.15) is 0 Å². The first kappa shape index (κ1) is 11.7. The largest absolute Gasteiger partial charge is 0.328 e. The highest BCUT2D eigenvalue weighted by molar-refractivity contribution is 5.76. The van der Waals surface area contributed by atoms with E-state index >= 15 is 0 Å². The molecule has 96 valence electrons. The number of nitrogens with one attached hydrogen (secondary N) is 1. The number of imidazole rings is 1. The summed E-state index contributed by atoms with van der Waals surface area (Å²) in [4.78, 5) is 4.71. The monoisotopic (exact) mass is 247 g/mol. The van der Waals surface area contributed by atoms with Crippen molar-refractivity contribution in [2.45, 2.75) is 26.3 Å². The van der Waals surface area contributed by atoms with Gasteiger partial charge < -0.3 is 9.88 Å². The SMILES string of the molecule is CCn1c(C2CNCC2C)nc2ccc(F)cc21. The molecule has 1 aromatic carbocycles. The molecule has 1 saturated heterocycles. The molecule has 2 atom stereocenters. The van der Waals surface area contributed by atoms with Gasteiger partial charge in [0.25, 0.3) is 0 Å². The number of hydrogen-bond acceptors (Lipinski definition) is 2. The zero-order valence-corrected chi connectivity index (χ0v) is 10.8. The van der Waals surface area contributed by atoms with Crippen LogP contribution in [0.4, 0.5) is 4.39 Å². The Morgan fingerprint density at radius 3 is 2.94 bits per heavy atom. The van der Waals surface area contributed by atoms with Crippen LogP contribution in [0.3, 0.4) is 0 Å². The van der Waals surface area contributed by atoms with Gasteiger partial charge in [-0.3, -0.25) is 0 Å². The van der Waals surface area contributed by atoms with Crippen LogP contribution in [0.5, 0.6) is 0 Å². The predicted octanol–water partition coefficient (Wildman–Crippen LogP) is 2.52. The van der Waals surface area contributed by atoms with Crippen LogP contribution in [0.15, 0.2) is 18.2 Å². The van der Waals surface area contributed by atoms with Crippen molar-refractivity contribution in [3.05, 3.63) is 29.8 Å². The summed E-state index contributed by atoms with van der Waals surface area (Å²) in [5, 5.41) is 3.40. The van der Waals surface area contributed by atoms with Crippen molar-refractivity contribution in [1.29, 1.82) is 0 Å². The summed E-state index contributed by atoms with van der Waals surface area (Å²) in [6.45, 7) is 7.16. The molecule has 4 heteroatoms. The standard InChI is InChI=1S/C14H18FN3/c1-3-18-13-6-10(15)4-5-12(13)17-14(18)11-8-16-7-9(11)2/h4-6,9,11,16H,3,7-8H2,1-2H3. The molecule has 0 saturated carbocycles. The summed E-state index contributed by atoms with van der Waals surface area (Å²) in [6, 6.07) is 4.84. The first-order chi connectivity index (χ1) is 8.70. The topological polar surface area (TPSA) is 29.9 Å². The minimum absolute atomic E-state index is 0.193. The number of hydrogen-bond donors (Lipinski definition) is 1. The molecule has 3 nitrogen and oxygen atoms in total. The van der Waals surface area contributed by atoms with Crippen LogP contribution in [0.2, 0.25) is 0 Å². The maximum atomic E-state index is 13.4. The van der Waals surface area contributed by atoms with Gasteiger partial charge in [0.1, 0.15) is 11.6 Å². The van der Waals surface area contributed by atoms with Gasteiger partial charge >= 0.3 is 0 Å². The molecule has 0 bridgehead atoms. The molecule has 2 unspecified atom stereocenters. The Bertz CT molecular complexity index is 576. The van der Waals surface area contributed by atoms with Gasteiger partial charge in [-0.1, -0.05) is 6.92 Å². The summed E-state index contributed by atoms with van der Waals surface area (Å²) in [5.74, 6) is 1.91. The van der Waals surface area contributed by atoms with Crippen LogP contribution in [0, 0.1) is 11.7 Å². The van der Waals surface area contributed by atoms with Crippen molar-refractivity contribution < 1.29 is 4.39 Å². The molecular formula is C14H18FN3. The van der Waals surface area contributed by atoms with Gasteiger partial charge in [0.2, 0.25) is 0 Å². The van der Waals surface area contributed by atoms with E-state index in [1.165, 1.54) is 6.07 Å². The van der Waals surface area contributed by atoms with Gasteiger partial charge in [-0.05, 0) is 37.6 Å². The molecule has 0 radical (unpaired) electrons. The predicted molar refractivity (Wildman–Crippen MR) is 70.1 cm³/mol. The average Bonchev–Trinajstić information content (AvgIpc) is 2.91. The van der Waals surface area contributed by atoms with E-state index in [2.05, 4.69) is 23.7 Å². The molecule has 0 amide bonds. The summed E-state index contributed by atoms with van der Waals surface area (Å²) < 4.78 is 15.5. The minimum atomic E-state index is -0.193. The van der Waals surface area contributed by atoms with E-state index in [0.717, 1.165) is 36.5 Å². The lowest BCUT2D eigenvalue weighted by Crippen LogP contribution is -2.14. The Labute approximate surface area is 106 Å². The zero-order valence-electron chi connectivity index (χ0n) is 10.8. The van der Waals surface area contributed by atoms with Gasteiger partial charge in [-0.25, -0.2) is 9.37 Å². The van der Waals surface area contributed by atoms with Crippen LogP contribution in [-0.4, -0.2) is 22.6 Å². The second-order valence-electron chi connectivity index (χ2n) is 5.09. The zero-order chi connectivity index (χ0) is 12.7. The number of benzene rings is 1. The van der Waals surface area contributed by atoms with E-state index in [0.29, 0.717) is 11.8 Å². The summed E-state index contributed by atoms with van der Waals surface area (Å²) in [7, 11) is 0. The quantitative estimate of drug-likeness (QED) is 0.883. The number of nitrogens with zero attached hydrogens (tertiary/aromatic N) is 2. The molecule has 1 fully saturated rings. The van der Waals surface area contributed by atoms with E-state index in [1.807, 2.05) is 0 Å². The van der Waals surface area contributed by atoms with Crippen LogP contribution in [-0.2, 0) is 6.54 Å². The van der Waals surface area contributed by atoms with E-state index < -0.39 is 0 Å². The molecule has 1 N–H and O–H groups in total. The van der Waals surface area contributed by atoms with Crippen LogP contribution in [0.1, 0.15) is 25.6 Å². The Morgan fingerprint density at radius 1 is 1.44 bits per heavy atom.